The topological polar surface area (TPSA) is 29.5 Å². The van der Waals surface area contributed by atoms with Crippen LogP contribution in [0, 0.1) is 5.92 Å². The van der Waals surface area contributed by atoms with Gasteiger partial charge in [-0.15, -0.1) is 0 Å². The van der Waals surface area contributed by atoms with Gasteiger partial charge in [0.2, 0.25) is 5.91 Å². The van der Waals surface area contributed by atoms with Crippen LogP contribution in [0.3, 0.4) is 0 Å². The number of likely N-dealkylation sites (tertiary alicyclic amines) is 1. The monoisotopic (exact) mass is 333 g/mol. The highest BCUT2D eigenvalue weighted by Crippen LogP contribution is 2.50. The predicted molar refractivity (Wildman–Crippen MR) is 96.0 cm³/mol. The fraction of sp³-hybridized carbons (Fsp3) is 0.409. The van der Waals surface area contributed by atoms with Crippen molar-refractivity contribution in [3.05, 3.63) is 71.3 Å². The highest BCUT2D eigenvalue weighted by molar-refractivity contribution is 5.83. The van der Waals surface area contributed by atoms with Crippen LogP contribution in [0.2, 0.25) is 0 Å². The van der Waals surface area contributed by atoms with Crippen LogP contribution in [0.1, 0.15) is 41.9 Å². The first-order chi connectivity index (χ1) is 12.3. The summed E-state index contributed by atoms with van der Waals surface area (Å²) in [6, 6.07) is 19.0. The van der Waals surface area contributed by atoms with Crippen LogP contribution in [0.15, 0.2) is 54.6 Å². The van der Waals surface area contributed by atoms with Gasteiger partial charge in [-0.05, 0) is 41.9 Å². The Morgan fingerprint density at radius 2 is 1.72 bits per heavy atom. The number of rotatable bonds is 2. The smallest absolute Gasteiger partial charge is 0.226 e. The van der Waals surface area contributed by atoms with Crippen molar-refractivity contribution in [3.8, 4) is 0 Å². The zero-order valence-corrected chi connectivity index (χ0v) is 14.4. The molecule has 1 unspecified atom stereocenters. The van der Waals surface area contributed by atoms with Crippen LogP contribution in [0.4, 0.5) is 0 Å². The Kier molecular flexibility index (Phi) is 3.46. The van der Waals surface area contributed by atoms with Crippen LogP contribution in [-0.4, -0.2) is 23.9 Å². The number of benzene rings is 2. The first-order valence-electron chi connectivity index (χ1n) is 9.33. The molecule has 1 amide bonds. The third-order valence-electron chi connectivity index (χ3n) is 6.23. The van der Waals surface area contributed by atoms with Gasteiger partial charge >= 0.3 is 0 Å². The molecule has 1 aliphatic carbocycles. The average Bonchev–Trinajstić information content (AvgIpc) is 3.41. The number of fused-ring (bicyclic) bond motifs is 2. The molecule has 3 nitrogen and oxygen atoms in total. The molecule has 1 spiro atoms. The molecule has 1 saturated carbocycles. The molecule has 128 valence electrons. The van der Waals surface area contributed by atoms with Crippen LogP contribution >= 0.6 is 0 Å². The lowest BCUT2D eigenvalue weighted by Gasteiger charge is -2.39. The molecule has 2 atom stereocenters. The summed E-state index contributed by atoms with van der Waals surface area (Å²) < 4.78 is 6.21. The van der Waals surface area contributed by atoms with Crippen molar-refractivity contribution >= 4 is 5.91 Å². The molecule has 0 aromatic heterocycles. The normalized spacial score (nSPS) is 26.5. The summed E-state index contributed by atoms with van der Waals surface area (Å²) in [5.74, 6) is 0.955. The van der Waals surface area contributed by atoms with E-state index < -0.39 is 0 Å². The molecular weight excluding hydrogens is 310 g/mol. The van der Waals surface area contributed by atoms with E-state index in [9.17, 15) is 4.79 Å². The lowest BCUT2D eigenvalue weighted by Crippen LogP contribution is -2.45. The van der Waals surface area contributed by atoms with Gasteiger partial charge in [-0.1, -0.05) is 54.6 Å². The molecule has 2 aromatic rings. The minimum absolute atomic E-state index is 0.157. The van der Waals surface area contributed by atoms with E-state index in [-0.39, 0.29) is 11.5 Å². The maximum absolute atomic E-state index is 12.9. The van der Waals surface area contributed by atoms with Crippen molar-refractivity contribution in [2.24, 2.45) is 5.92 Å². The van der Waals surface area contributed by atoms with Gasteiger partial charge in [0.25, 0.3) is 0 Å². The van der Waals surface area contributed by atoms with E-state index in [4.69, 9.17) is 4.74 Å². The summed E-state index contributed by atoms with van der Waals surface area (Å²) in [6.45, 7) is 2.33. The lowest BCUT2D eigenvalue weighted by molar-refractivity contribution is -0.139. The molecule has 0 N–H and O–H groups in total. The second-order valence-corrected chi connectivity index (χ2v) is 7.62. The molecule has 0 bridgehead atoms. The first kappa shape index (κ1) is 15.2. The van der Waals surface area contributed by atoms with Gasteiger partial charge in [0.1, 0.15) is 0 Å². The van der Waals surface area contributed by atoms with Gasteiger partial charge in [0.15, 0.2) is 0 Å². The van der Waals surface area contributed by atoms with Crippen LogP contribution < -0.4 is 0 Å². The zero-order chi connectivity index (χ0) is 16.9. The molecule has 5 rings (SSSR count). The molecule has 0 radical (unpaired) electrons. The van der Waals surface area contributed by atoms with Crippen molar-refractivity contribution in [2.45, 2.75) is 37.4 Å². The Morgan fingerprint density at radius 3 is 2.52 bits per heavy atom. The van der Waals surface area contributed by atoms with Crippen molar-refractivity contribution in [3.63, 3.8) is 0 Å². The molecule has 2 fully saturated rings. The summed E-state index contributed by atoms with van der Waals surface area (Å²) in [5.41, 5.74) is 3.81. The van der Waals surface area contributed by atoms with Crippen molar-refractivity contribution < 1.29 is 9.53 Å². The standard InChI is InChI=1S/C22H23NO2/c24-21(19-14-18(19)16-6-2-1-3-7-16)23-12-10-22(11-13-23)20-9-5-4-8-17(20)15-25-22/h1-9,18-19H,10-15H2/t18?,19-/m0/s1. The van der Waals surface area contributed by atoms with Crippen molar-refractivity contribution in [1.82, 2.24) is 4.90 Å². The van der Waals surface area contributed by atoms with Crippen LogP contribution in [0.25, 0.3) is 0 Å². The SMILES string of the molecule is O=C([C@H]1CC1c1ccccc1)N1CCC2(CC1)OCc1ccccc12. The van der Waals surface area contributed by atoms with Crippen molar-refractivity contribution in [1.29, 1.82) is 0 Å². The fourth-order valence-electron chi connectivity index (χ4n) is 4.66. The van der Waals surface area contributed by atoms with E-state index in [0.717, 1.165) is 32.4 Å². The van der Waals surface area contributed by atoms with Crippen LogP contribution in [0.5, 0.6) is 0 Å². The number of carbonyl (C=O) groups excluding carboxylic acids is 1. The number of ether oxygens (including phenoxy) is 1. The maximum atomic E-state index is 12.9. The van der Waals surface area contributed by atoms with Crippen molar-refractivity contribution in [2.75, 3.05) is 13.1 Å². The third-order valence-corrected chi connectivity index (χ3v) is 6.23. The van der Waals surface area contributed by atoms with E-state index in [1.54, 1.807) is 0 Å². The number of amides is 1. The minimum atomic E-state index is -0.157. The van der Waals surface area contributed by atoms with E-state index in [1.165, 1.54) is 16.7 Å². The lowest BCUT2D eigenvalue weighted by atomic mass is 9.83. The Labute approximate surface area is 148 Å². The average molecular weight is 333 g/mol. The molecule has 2 aromatic carbocycles. The summed E-state index contributed by atoms with van der Waals surface area (Å²) in [5, 5.41) is 0. The highest BCUT2D eigenvalue weighted by Gasteiger charge is 2.48. The van der Waals surface area contributed by atoms with Gasteiger partial charge in [-0.2, -0.15) is 0 Å². The van der Waals surface area contributed by atoms with E-state index >= 15 is 0 Å². The molecule has 25 heavy (non-hydrogen) atoms. The Balaban J connectivity index is 1.25. The Bertz CT molecular complexity index is 793. The quantitative estimate of drug-likeness (QED) is 0.836. The minimum Gasteiger partial charge on any atom is -0.365 e. The summed E-state index contributed by atoms with van der Waals surface area (Å²) in [6.07, 6.45) is 2.83. The first-order valence-corrected chi connectivity index (χ1v) is 9.33. The number of hydrogen-bond donors (Lipinski definition) is 0. The molecule has 3 heteroatoms. The Morgan fingerprint density at radius 1 is 1.00 bits per heavy atom. The summed E-state index contributed by atoms with van der Waals surface area (Å²) >= 11 is 0. The van der Waals surface area contributed by atoms with Gasteiger partial charge in [0.05, 0.1) is 12.2 Å². The molecule has 2 aliphatic heterocycles. The van der Waals surface area contributed by atoms with E-state index in [0.29, 0.717) is 18.4 Å². The van der Waals surface area contributed by atoms with E-state index in [1.807, 2.05) is 6.07 Å². The van der Waals surface area contributed by atoms with Gasteiger partial charge in [-0.25, -0.2) is 0 Å². The van der Waals surface area contributed by atoms with Gasteiger partial charge < -0.3 is 9.64 Å². The highest BCUT2D eigenvalue weighted by atomic mass is 16.5. The van der Waals surface area contributed by atoms with Crippen LogP contribution in [-0.2, 0) is 21.7 Å². The Hall–Kier alpha value is -2.13. The van der Waals surface area contributed by atoms with Gasteiger partial charge in [0, 0.05) is 19.0 Å². The second-order valence-electron chi connectivity index (χ2n) is 7.62. The third kappa shape index (κ3) is 2.49. The molecule has 1 saturated heterocycles. The molecule has 3 aliphatic rings. The largest absolute Gasteiger partial charge is 0.365 e. The number of nitrogens with zero attached hydrogens (tertiary/aromatic N) is 1. The number of carbonyl (C=O) groups is 1. The van der Waals surface area contributed by atoms with E-state index in [2.05, 4.69) is 53.4 Å². The number of hydrogen-bond acceptors (Lipinski definition) is 2. The molecule has 2 heterocycles. The van der Waals surface area contributed by atoms with Gasteiger partial charge in [-0.3, -0.25) is 4.79 Å². The summed E-state index contributed by atoms with van der Waals surface area (Å²) in [7, 11) is 0. The molecular formula is C22H23NO2. The fourth-order valence-corrected chi connectivity index (χ4v) is 4.66. The number of piperidine rings is 1. The maximum Gasteiger partial charge on any atom is 0.226 e. The zero-order valence-electron chi connectivity index (χ0n) is 14.4. The predicted octanol–water partition coefficient (Wildman–Crippen LogP) is 3.84. The summed E-state index contributed by atoms with van der Waals surface area (Å²) in [4.78, 5) is 15.0. The second kappa shape index (κ2) is 5.70.